The summed E-state index contributed by atoms with van der Waals surface area (Å²) in [5.74, 6) is 0.474. The number of morpholine rings is 1. The van der Waals surface area contributed by atoms with Gasteiger partial charge in [-0.25, -0.2) is 13.4 Å². The number of fused-ring (bicyclic) bond motifs is 1. The van der Waals surface area contributed by atoms with E-state index < -0.39 is 14.9 Å². The fourth-order valence-electron chi connectivity index (χ4n) is 3.12. The quantitative estimate of drug-likeness (QED) is 0.588. The molecule has 2 heterocycles. The molecular formula is C17H22N4O5S. The summed E-state index contributed by atoms with van der Waals surface area (Å²) < 4.78 is 32.1. The fourth-order valence-corrected chi connectivity index (χ4v) is 4.61. The Kier molecular flexibility index (Phi) is 5.59. The SMILES string of the molecule is C[C@H]1CN(S(=O)(=O)CCNc2ccc3cc([N+](=O)[O-])ccc3n2)C[C@H](C)O1. The first-order valence-corrected chi connectivity index (χ1v) is 10.3. The molecule has 0 bridgehead atoms. The molecule has 27 heavy (non-hydrogen) atoms. The number of non-ortho nitro benzene ring substituents is 1. The Hall–Kier alpha value is -2.30. The zero-order valence-corrected chi connectivity index (χ0v) is 16.0. The number of rotatable bonds is 6. The number of nitro groups is 1. The van der Waals surface area contributed by atoms with E-state index in [1.54, 1.807) is 18.2 Å². The summed E-state index contributed by atoms with van der Waals surface area (Å²) in [5.41, 5.74) is 0.606. The van der Waals surface area contributed by atoms with E-state index in [4.69, 9.17) is 4.74 Å². The van der Waals surface area contributed by atoms with Gasteiger partial charge < -0.3 is 10.1 Å². The molecule has 1 aromatic heterocycles. The van der Waals surface area contributed by atoms with Crippen LogP contribution in [-0.2, 0) is 14.8 Å². The van der Waals surface area contributed by atoms with E-state index in [2.05, 4.69) is 10.3 Å². The largest absolute Gasteiger partial charge is 0.373 e. The predicted octanol–water partition coefficient (Wildman–Crippen LogP) is 1.99. The third kappa shape index (κ3) is 4.71. The van der Waals surface area contributed by atoms with Gasteiger partial charge in [0.25, 0.3) is 5.69 Å². The van der Waals surface area contributed by atoms with Crippen LogP contribution in [-0.4, -0.2) is 60.2 Å². The van der Waals surface area contributed by atoms with Crippen molar-refractivity contribution in [1.29, 1.82) is 0 Å². The van der Waals surface area contributed by atoms with Crippen molar-refractivity contribution in [2.24, 2.45) is 0 Å². The minimum Gasteiger partial charge on any atom is -0.373 e. The van der Waals surface area contributed by atoms with Gasteiger partial charge in [0.15, 0.2) is 0 Å². The van der Waals surface area contributed by atoms with Crippen molar-refractivity contribution in [3.8, 4) is 0 Å². The van der Waals surface area contributed by atoms with Crippen LogP contribution in [0.2, 0.25) is 0 Å². The zero-order chi connectivity index (χ0) is 19.6. The van der Waals surface area contributed by atoms with E-state index in [1.165, 1.54) is 16.4 Å². The molecule has 0 radical (unpaired) electrons. The highest BCUT2D eigenvalue weighted by Crippen LogP contribution is 2.21. The van der Waals surface area contributed by atoms with Crippen LogP contribution in [0.25, 0.3) is 10.9 Å². The van der Waals surface area contributed by atoms with Gasteiger partial charge in [0.1, 0.15) is 5.82 Å². The van der Waals surface area contributed by atoms with Gasteiger partial charge in [-0.05, 0) is 32.0 Å². The van der Waals surface area contributed by atoms with E-state index >= 15 is 0 Å². The van der Waals surface area contributed by atoms with Crippen LogP contribution in [0.15, 0.2) is 30.3 Å². The van der Waals surface area contributed by atoms with E-state index in [1.807, 2.05) is 13.8 Å². The van der Waals surface area contributed by atoms with Crippen molar-refractivity contribution < 1.29 is 18.1 Å². The number of nitrogens with zero attached hydrogens (tertiary/aromatic N) is 3. The summed E-state index contributed by atoms with van der Waals surface area (Å²) >= 11 is 0. The third-order valence-corrected chi connectivity index (χ3v) is 6.13. The highest BCUT2D eigenvalue weighted by Gasteiger charge is 2.30. The second-order valence-corrected chi connectivity index (χ2v) is 8.74. The second kappa shape index (κ2) is 7.75. The number of pyridine rings is 1. The minimum absolute atomic E-state index is 0.00469. The Morgan fingerprint density at radius 3 is 2.63 bits per heavy atom. The molecule has 1 fully saturated rings. The zero-order valence-electron chi connectivity index (χ0n) is 15.2. The lowest BCUT2D eigenvalue weighted by Gasteiger charge is -2.34. The van der Waals surface area contributed by atoms with Crippen LogP contribution in [0.4, 0.5) is 11.5 Å². The van der Waals surface area contributed by atoms with Crippen molar-refractivity contribution in [3.63, 3.8) is 0 Å². The molecule has 1 aromatic carbocycles. The molecule has 1 N–H and O–H groups in total. The van der Waals surface area contributed by atoms with Gasteiger partial charge in [0, 0.05) is 37.2 Å². The first-order valence-electron chi connectivity index (χ1n) is 8.67. The number of benzene rings is 1. The third-order valence-electron chi connectivity index (χ3n) is 4.33. The highest BCUT2D eigenvalue weighted by molar-refractivity contribution is 7.89. The van der Waals surface area contributed by atoms with Gasteiger partial charge in [0.2, 0.25) is 10.0 Å². The Bertz CT molecular complexity index is 939. The number of aromatic nitrogens is 1. The smallest absolute Gasteiger partial charge is 0.270 e. The van der Waals surface area contributed by atoms with E-state index in [0.717, 1.165) is 0 Å². The standard InChI is InChI=1S/C17H22N4O5S/c1-12-10-20(11-13(2)26-12)27(24,25)8-7-18-17-6-3-14-9-15(21(22)23)4-5-16(14)19-17/h3-6,9,12-13H,7-8,10-11H2,1-2H3,(H,18,19)/t12-,13-/m0/s1. The number of nitro benzene ring substituents is 1. The number of anilines is 1. The Labute approximate surface area is 157 Å². The van der Waals surface area contributed by atoms with Gasteiger partial charge in [-0.15, -0.1) is 0 Å². The molecule has 1 aliphatic heterocycles. The Morgan fingerprint density at radius 2 is 1.96 bits per heavy atom. The van der Waals surface area contributed by atoms with E-state index in [0.29, 0.717) is 29.8 Å². The summed E-state index contributed by atoms with van der Waals surface area (Å²) in [6, 6.07) is 7.82. The number of ether oxygens (including phenoxy) is 1. The molecule has 0 aliphatic carbocycles. The van der Waals surface area contributed by atoms with Crippen LogP contribution in [0.5, 0.6) is 0 Å². The molecule has 0 amide bonds. The Morgan fingerprint density at radius 1 is 1.26 bits per heavy atom. The second-order valence-electron chi connectivity index (χ2n) is 6.65. The molecule has 0 spiro atoms. The first kappa shape index (κ1) is 19.5. The van der Waals surface area contributed by atoms with E-state index in [9.17, 15) is 18.5 Å². The fraction of sp³-hybridized carbons (Fsp3) is 0.471. The molecule has 9 nitrogen and oxygen atoms in total. The monoisotopic (exact) mass is 394 g/mol. The summed E-state index contributed by atoms with van der Waals surface area (Å²) in [6.45, 7) is 4.66. The van der Waals surface area contributed by atoms with E-state index in [-0.39, 0.29) is 30.2 Å². The van der Waals surface area contributed by atoms with Crippen molar-refractivity contribution in [1.82, 2.24) is 9.29 Å². The van der Waals surface area contributed by atoms with Crippen LogP contribution in [0, 0.1) is 10.1 Å². The topological polar surface area (TPSA) is 115 Å². The number of nitrogens with one attached hydrogen (secondary N) is 1. The van der Waals surface area contributed by atoms with Crippen molar-refractivity contribution in [3.05, 3.63) is 40.4 Å². The molecule has 2 atom stereocenters. The highest BCUT2D eigenvalue weighted by atomic mass is 32.2. The molecule has 1 aliphatic rings. The van der Waals surface area contributed by atoms with Crippen LogP contribution in [0.1, 0.15) is 13.8 Å². The lowest BCUT2D eigenvalue weighted by atomic mass is 10.2. The predicted molar refractivity (Wildman–Crippen MR) is 102 cm³/mol. The average Bonchev–Trinajstić information content (AvgIpc) is 2.60. The number of hydrogen-bond acceptors (Lipinski definition) is 7. The Balaban J connectivity index is 1.62. The molecule has 0 saturated carbocycles. The van der Waals surface area contributed by atoms with Crippen LogP contribution < -0.4 is 5.32 Å². The number of hydrogen-bond donors (Lipinski definition) is 1. The average molecular weight is 394 g/mol. The van der Waals surface area contributed by atoms with Crippen molar-refractivity contribution in [2.75, 3.05) is 30.7 Å². The lowest BCUT2D eigenvalue weighted by molar-refractivity contribution is -0.384. The van der Waals surface area contributed by atoms with Gasteiger partial charge in [0.05, 0.1) is 28.4 Å². The number of sulfonamides is 1. The summed E-state index contributed by atoms with van der Waals surface area (Å²) in [5, 5.41) is 14.5. The van der Waals surface area contributed by atoms with Gasteiger partial charge >= 0.3 is 0 Å². The lowest BCUT2D eigenvalue weighted by Crippen LogP contribution is -2.49. The molecule has 10 heteroatoms. The molecule has 0 unspecified atom stereocenters. The summed E-state index contributed by atoms with van der Waals surface area (Å²) in [7, 11) is -3.39. The van der Waals surface area contributed by atoms with Crippen molar-refractivity contribution in [2.45, 2.75) is 26.1 Å². The summed E-state index contributed by atoms with van der Waals surface area (Å²) in [6.07, 6.45) is -0.245. The maximum Gasteiger partial charge on any atom is 0.270 e. The van der Waals surface area contributed by atoms with Crippen molar-refractivity contribution >= 4 is 32.4 Å². The molecule has 146 valence electrons. The molecule has 3 rings (SSSR count). The maximum atomic E-state index is 12.5. The summed E-state index contributed by atoms with van der Waals surface area (Å²) in [4.78, 5) is 14.7. The molecular weight excluding hydrogens is 372 g/mol. The van der Waals surface area contributed by atoms with Crippen LogP contribution in [0.3, 0.4) is 0 Å². The van der Waals surface area contributed by atoms with Gasteiger partial charge in [-0.2, -0.15) is 4.31 Å². The normalized spacial score (nSPS) is 21.3. The molecule has 1 saturated heterocycles. The van der Waals surface area contributed by atoms with Gasteiger partial charge in [-0.3, -0.25) is 10.1 Å². The van der Waals surface area contributed by atoms with Crippen LogP contribution >= 0.6 is 0 Å². The maximum absolute atomic E-state index is 12.5. The minimum atomic E-state index is -3.39. The van der Waals surface area contributed by atoms with Gasteiger partial charge in [-0.1, -0.05) is 0 Å². The molecule has 2 aromatic rings. The first-order chi connectivity index (χ1) is 12.7.